The van der Waals surface area contributed by atoms with Gasteiger partial charge in [-0.25, -0.2) is 14.4 Å². The number of aromatic nitrogens is 4. The summed E-state index contributed by atoms with van der Waals surface area (Å²) < 4.78 is 60.1. The molecule has 2 amide bonds. The molecule has 0 bridgehead atoms. The van der Waals surface area contributed by atoms with Gasteiger partial charge < -0.3 is 26.0 Å². The summed E-state index contributed by atoms with van der Waals surface area (Å²) in [5.41, 5.74) is -0.296. The van der Waals surface area contributed by atoms with Crippen molar-refractivity contribution in [3.8, 4) is 5.82 Å². The third-order valence-corrected chi connectivity index (χ3v) is 7.18. The van der Waals surface area contributed by atoms with Crippen LogP contribution in [0.2, 0.25) is 0 Å². The van der Waals surface area contributed by atoms with E-state index >= 15 is 0 Å². The third-order valence-electron chi connectivity index (χ3n) is 7.18. The summed E-state index contributed by atoms with van der Waals surface area (Å²) >= 11 is 0. The fraction of sp³-hybridized carbons (Fsp3) is 0.300. The highest BCUT2D eigenvalue weighted by Crippen LogP contribution is 2.32. The van der Waals surface area contributed by atoms with Crippen molar-refractivity contribution in [1.82, 2.24) is 30.0 Å². The summed E-state index contributed by atoms with van der Waals surface area (Å²) in [6.45, 7) is 5.74. The number of anilines is 4. The van der Waals surface area contributed by atoms with E-state index < -0.39 is 29.4 Å². The van der Waals surface area contributed by atoms with Gasteiger partial charge in [0.25, 0.3) is 11.8 Å². The van der Waals surface area contributed by atoms with Crippen molar-refractivity contribution in [1.29, 1.82) is 0 Å². The molecule has 0 radical (unpaired) electrons. The Bertz CT molecular complexity index is 1720. The lowest BCUT2D eigenvalue weighted by Crippen LogP contribution is -2.41. The van der Waals surface area contributed by atoms with Gasteiger partial charge in [-0.15, -0.1) is 0 Å². The van der Waals surface area contributed by atoms with Crippen molar-refractivity contribution in [2.24, 2.45) is 0 Å². The summed E-state index contributed by atoms with van der Waals surface area (Å²) in [6.07, 6.45) is -3.61. The zero-order valence-electron chi connectivity index (χ0n) is 24.9. The topological polar surface area (TPSA) is 138 Å². The highest BCUT2D eigenvalue weighted by Gasteiger charge is 2.34. The number of nitrogens with zero attached hydrogens (tertiary/aromatic N) is 5. The minimum atomic E-state index is -4.96. The van der Waals surface area contributed by atoms with E-state index in [1.807, 2.05) is 0 Å². The molecule has 1 aliphatic heterocycles. The zero-order chi connectivity index (χ0) is 32.8. The molecular weight excluding hydrogens is 610 g/mol. The summed E-state index contributed by atoms with van der Waals surface area (Å²) in [6, 6.07) is 10.1. The van der Waals surface area contributed by atoms with E-state index in [0.29, 0.717) is 61.6 Å². The predicted molar refractivity (Wildman–Crippen MR) is 162 cm³/mol. The molecule has 0 unspecified atom stereocenters. The zero-order valence-corrected chi connectivity index (χ0v) is 24.9. The van der Waals surface area contributed by atoms with Gasteiger partial charge in [0, 0.05) is 62.3 Å². The highest BCUT2D eigenvalue weighted by atomic mass is 19.4. The number of hydrogen-bond donors (Lipinski definition) is 4. The molecule has 0 atom stereocenters. The molecule has 0 aliphatic carbocycles. The number of hydrogen-bond acceptors (Lipinski definition) is 9. The first kappa shape index (κ1) is 32.3. The van der Waals surface area contributed by atoms with Gasteiger partial charge in [0.2, 0.25) is 0 Å². The number of carbonyl (C=O) groups is 2. The number of rotatable bonds is 10. The predicted octanol–water partition coefficient (Wildman–Crippen LogP) is 4.23. The number of halogens is 4. The number of alkyl halides is 3. The second-order valence-corrected chi connectivity index (χ2v) is 10.3. The maximum Gasteiger partial charge on any atom is 0.419 e. The maximum atomic E-state index is 13.7. The van der Waals surface area contributed by atoms with Crippen LogP contribution >= 0.6 is 0 Å². The summed E-state index contributed by atoms with van der Waals surface area (Å²) in [5, 5.41) is 16.1. The molecule has 46 heavy (non-hydrogen) atoms. The van der Waals surface area contributed by atoms with Crippen LogP contribution in [0.15, 0.2) is 54.9 Å². The van der Waals surface area contributed by atoms with Crippen LogP contribution < -0.4 is 21.3 Å². The largest absolute Gasteiger partial charge is 0.419 e. The lowest BCUT2D eigenvalue weighted by molar-refractivity contribution is -0.140. The molecule has 242 valence electrons. The van der Waals surface area contributed by atoms with E-state index in [1.54, 1.807) is 44.3 Å². The standard InChI is InChI=1S/C30H31F4N9O3/c1-18-3-5-20(39-28(44)19-4-6-22(31)21(13-19)30(32,33)34)14-23(18)40-27-15-24(29(45)36-7-8-42-9-11-46-12-10-42)41-43(27)26-16-25(35-2)37-17-38-26/h3-6,13-17,40H,7-12H2,1-2H3,(H,36,45)(H,39,44)(H,35,37,38). The molecule has 0 spiro atoms. The Morgan fingerprint density at radius 2 is 1.78 bits per heavy atom. The molecule has 2 aromatic heterocycles. The minimum Gasteiger partial charge on any atom is -0.379 e. The average molecular weight is 642 g/mol. The monoisotopic (exact) mass is 641 g/mol. The number of amides is 2. The number of ether oxygens (including phenoxy) is 1. The molecule has 2 aromatic carbocycles. The Kier molecular flexibility index (Phi) is 9.77. The van der Waals surface area contributed by atoms with E-state index in [-0.39, 0.29) is 16.9 Å². The Hall–Kier alpha value is -5.09. The van der Waals surface area contributed by atoms with Gasteiger partial charge in [-0.05, 0) is 42.8 Å². The van der Waals surface area contributed by atoms with Crippen molar-refractivity contribution in [3.63, 3.8) is 0 Å². The van der Waals surface area contributed by atoms with Crippen molar-refractivity contribution in [2.75, 3.05) is 62.4 Å². The molecule has 12 nitrogen and oxygen atoms in total. The van der Waals surface area contributed by atoms with Crippen LogP contribution in [-0.4, -0.2) is 82.9 Å². The van der Waals surface area contributed by atoms with Crippen molar-refractivity contribution < 1.29 is 31.9 Å². The van der Waals surface area contributed by atoms with E-state index in [1.165, 1.54) is 11.0 Å². The van der Waals surface area contributed by atoms with Crippen LogP contribution in [0, 0.1) is 12.7 Å². The second kappa shape index (κ2) is 13.9. The Balaban J connectivity index is 1.38. The van der Waals surface area contributed by atoms with Crippen molar-refractivity contribution in [3.05, 3.63) is 83.1 Å². The Morgan fingerprint density at radius 1 is 1.00 bits per heavy atom. The third kappa shape index (κ3) is 7.76. The normalized spacial score (nSPS) is 13.7. The van der Waals surface area contributed by atoms with Gasteiger partial charge >= 0.3 is 6.18 Å². The lowest BCUT2D eigenvalue weighted by Gasteiger charge is -2.26. The summed E-state index contributed by atoms with van der Waals surface area (Å²) in [4.78, 5) is 36.5. The lowest BCUT2D eigenvalue weighted by atomic mass is 10.1. The number of aryl methyl sites for hydroxylation is 1. The van der Waals surface area contributed by atoms with Gasteiger partial charge in [-0.3, -0.25) is 14.5 Å². The molecule has 1 fully saturated rings. The molecular formula is C30H31F4N9O3. The van der Waals surface area contributed by atoms with Crippen molar-refractivity contribution >= 4 is 34.8 Å². The summed E-state index contributed by atoms with van der Waals surface area (Å²) in [7, 11) is 1.70. The van der Waals surface area contributed by atoms with Gasteiger partial charge in [0.1, 0.15) is 23.8 Å². The number of nitrogens with one attached hydrogen (secondary N) is 4. The molecule has 3 heterocycles. The van der Waals surface area contributed by atoms with E-state index in [9.17, 15) is 27.2 Å². The van der Waals surface area contributed by atoms with Gasteiger partial charge in [-0.1, -0.05) is 6.07 Å². The number of carbonyl (C=O) groups excluding carboxylic acids is 2. The Labute approximate surface area is 261 Å². The van der Waals surface area contributed by atoms with Crippen LogP contribution in [0.1, 0.15) is 32.0 Å². The Morgan fingerprint density at radius 3 is 2.52 bits per heavy atom. The van der Waals surface area contributed by atoms with Crippen LogP contribution in [0.3, 0.4) is 0 Å². The van der Waals surface area contributed by atoms with E-state index in [0.717, 1.165) is 24.7 Å². The molecule has 5 rings (SSSR count). The molecule has 1 saturated heterocycles. The highest BCUT2D eigenvalue weighted by molar-refractivity contribution is 6.04. The van der Waals surface area contributed by atoms with Crippen molar-refractivity contribution in [2.45, 2.75) is 13.1 Å². The second-order valence-electron chi connectivity index (χ2n) is 10.3. The SMILES string of the molecule is CNc1cc(-n2nc(C(=O)NCCN3CCOCC3)cc2Nc2cc(NC(=O)c3ccc(F)c(C(F)(F)F)c3)ccc2C)ncn1. The first-order valence-corrected chi connectivity index (χ1v) is 14.3. The fourth-order valence-electron chi connectivity index (χ4n) is 4.66. The molecule has 0 saturated carbocycles. The van der Waals surface area contributed by atoms with Gasteiger partial charge in [0.15, 0.2) is 11.5 Å². The van der Waals surface area contributed by atoms with Crippen LogP contribution in [0.5, 0.6) is 0 Å². The number of benzene rings is 2. The molecule has 4 aromatic rings. The van der Waals surface area contributed by atoms with Crippen LogP contribution in [0.25, 0.3) is 5.82 Å². The van der Waals surface area contributed by atoms with E-state index in [2.05, 4.69) is 41.2 Å². The van der Waals surface area contributed by atoms with E-state index in [4.69, 9.17) is 4.74 Å². The summed E-state index contributed by atoms with van der Waals surface area (Å²) in [5.74, 6) is -1.50. The minimum absolute atomic E-state index is 0.119. The average Bonchev–Trinajstić information content (AvgIpc) is 3.46. The first-order valence-electron chi connectivity index (χ1n) is 14.3. The maximum absolute atomic E-state index is 13.7. The molecule has 4 N–H and O–H groups in total. The first-order chi connectivity index (χ1) is 22.0. The quantitative estimate of drug-likeness (QED) is 0.188. The smallest absolute Gasteiger partial charge is 0.379 e. The molecule has 16 heteroatoms. The fourth-order valence-corrected chi connectivity index (χ4v) is 4.66. The van der Waals surface area contributed by atoms with Gasteiger partial charge in [0.05, 0.1) is 18.8 Å². The van der Waals surface area contributed by atoms with Crippen LogP contribution in [-0.2, 0) is 10.9 Å². The molecule has 1 aliphatic rings. The van der Waals surface area contributed by atoms with Gasteiger partial charge in [-0.2, -0.15) is 23.0 Å². The van der Waals surface area contributed by atoms with Crippen LogP contribution in [0.4, 0.5) is 40.6 Å². The number of morpholine rings is 1.